The minimum Gasteiger partial charge on any atom is -0.394 e. The predicted octanol–water partition coefficient (Wildman–Crippen LogP) is 1.09. The lowest BCUT2D eigenvalue weighted by Crippen LogP contribution is -2.34. The van der Waals surface area contributed by atoms with Crippen LogP contribution in [0.3, 0.4) is 0 Å². The Balaban J connectivity index is 1.67. The van der Waals surface area contributed by atoms with Gasteiger partial charge in [-0.2, -0.15) is 23.5 Å². The Morgan fingerprint density at radius 2 is 1.57 bits per heavy atom. The Labute approximate surface area is 232 Å². The number of hydrogen-bond acceptors (Lipinski definition) is 10. The number of ether oxygens (including phenoxy) is 2. The number of carbonyl (C=O) groups excluding carboxylic acids is 2. The number of thioether (sulfide) groups is 2. The molecule has 0 aromatic heterocycles. The standard InChI is InChI=1S/C25H43B2O8S2/c1-15(30)7-8-17(14-37-24-22(33)20(13-29)35-25(24)27-26)9-10-18(31)6-4-3-5-11-36-23-16(2)34-19(12-28)21(23)32/h16-17,19-25,28-29,32-33H,3-14H2,1-2H3/t16-,17?,19+,20+,21?,22?,23+,24-,25+/m0/s1. The van der Waals surface area contributed by atoms with E-state index in [1.807, 2.05) is 6.92 Å². The number of ketones is 2. The fourth-order valence-corrected chi connectivity index (χ4v) is 7.74. The molecule has 0 aromatic carbocycles. The van der Waals surface area contributed by atoms with Gasteiger partial charge < -0.3 is 34.7 Å². The van der Waals surface area contributed by atoms with Crippen LogP contribution in [0, 0.1) is 5.92 Å². The van der Waals surface area contributed by atoms with Crippen LogP contribution in [0.4, 0.5) is 0 Å². The molecule has 2 fully saturated rings. The van der Waals surface area contributed by atoms with Gasteiger partial charge in [0.1, 0.15) is 23.8 Å². The van der Waals surface area contributed by atoms with E-state index in [0.29, 0.717) is 37.9 Å². The molecule has 2 aliphatic heterocycles. The largest absolute Gasteiger partial charge is 0.394 e. The molecule has 0 aliphatic carbocycles. The van der Waals surface area contributed by atoms with Gasteiger partial charge in [-0.05, 0) is 57.0 Å². The van der Waals surface area contributed by atoms with Crippen LogP contribution in [0.5, 0.6) is 0 Å². The summed E-state index contributed by atoms with van der Waals surface area (Å²) < 4.78 is 11.2. The SMILES string of the molecule is [B][B][C@@H]1O[C@H](CO)C(O)[C@@H]1SCC(CCC(C)=O)CCC(=O)CCCCCS[C@H]1C(O)[C@@H](CO)O[C@H]1C. The van der Waals surface area contributed by atoms with Gasteiger partial charge >= 0.3 is 0 Å². The van der Waals surface area contributed by atoms with Crippen molar-refractivity contribution in [3.05, 3.63) is 0 Å². The Bertz CT molecular complexity index is 689. The summed E-state index contributed by atoms with van der Waals surface area (Å²) in [5, 5.41) is 39.0. The normalized spacial score (nSPS) is 32.5. The van der Waals surface area contributed by atoms with E-state index in [1.165, 1.54) is 18.9 Å². The highest BCUT2D eigenvalue weighted by Gasteiger charge is 2.42. The first-order valence-electron chi connectivity index (χ1n) is 13.4. The number of hydrogen-bond donors (Lipinski definition) is 4. The molecule has 9 atom stereocenters. The quantitative estimate of drug-likeness (QED) is 0.135. The van der Waals surface area contributed by atoms with Gasteiger partial charge in [0.2, 0.25) is 0 Å². The lowest BCUT2D eigenvalue weighted by atomic mass is 9.51. The molecule has 3 unspecified atom stereocenters. The van der Waals surface area contributed by atoms with Crippen molar-refractivity contribution in [1.82, 2.24) is 0 Å². The van der Waals surface area contributed by atoms with E-state index in [2.05, 4.69) is 0 Å². The van der Waals surface area contributed by atoms with Crippen LogP contribution in [0.2, 0.25) is 0 Å². The lowest BCUT2D eigenvalue weighted by molar-refractivity contribution is -0.119. The Morgan fingerprint density at radius 1 is 0.919 bits per heavy atom. The van der Waals surface area contributed by atoms with E-state index in [0.717, 1.165) is 25.0 Å². The Morgan fingerprint density at radius 3 is 2.19 bits per heavy atom. The molecule has 8 nitrogen and oxygen atoms in total. The molecule has 12 heteroatoms. The van der Waals surface area contributed by atoms with Gasteiger partial charge in [0, 0.05) is 33.0 Å². The van der Waals surface area contributed by atoms with Gasteiger partial charge in [0.05, 0.1) is 49.2 Å². The fraction of sp³-hybridized carbons (Fsp3) is 0.920. The first-order chi connectivity index (χ1) is 17.7. The molecule has 209 valence electrons. The number of unbranched alkanes of at least 4 members (excludes halogenated alkanes) is 2. The second-order valence-electron chi connectivity index (χ2n) is 10.2. The smallest absolute Gasteiger partial charge is 0.132 e. The minimum absolute atomic E-state index is 0.0342. The third kappa shape index (κ3) is 10.8. The minimum atomic E-state index is -0.822. The third-order valence-corrected chi connectivity index (χ3v) is 10.3. The van der Waals surface area contributed by atoms with Gasteiger partial charge in [-0.1, -0.05) is 6.42 Å². The van der Waals surface area contributed by atoms with Crippen molar-refractivity contribution in [2.75, 3.05) is 24.7 Å². The van der Waals surface area contributed by atoms with E-state index in [9.17, 15) is 30.0 Å². The molecule has 2 rings (SSSR count). The number of carbonyl (C=O) groups is 2. The van der Waals surface area contributed by atoms with Gasteiger partial charge in [-0.25, -0.2) is 0 Å². The topological polar surface area (TPSA) is 134 Å². The summed E-state index contributed by atoms with van der Waals surface area (Å²) in [5.41, 5.74) is 0. The monoisotopic (exact) mass is 557 g/mol. The highest BCUT2D eigenvalue weighted by molar-refractivity contribution is 8.00. The number of aliphatic hydroxyl groups excluding tert-OH is 4. The van der Waals surface area contributed by atoms with Crippen molar-refractivity contribution >= 4 is 50.0 Å². The maximum Gasteiger partial charge on any atom is 0.132 e. The molecule has 0 amide bonds. The number of Topliss-reactive ketones (excluding diaryl/α,β-unsaturated/α-hetero) is 2. The zero-order valence-corrected chi connectivity index (χ0v) is 23.7. The summed E-state index contributed by atoms with van der Waals surface area (Å²) in [6.07, 6.45) is 2.86. The predicted molar refractivity (Wildman–Crippen MR) is 149 cm³/mol. The average molecular weight is 557 g/mol. The molecule has 0 aromatic rings. The van der Waals surface area contributed by atoms with Crippen LogP contribution in [0.1, 0.15) is 65.2 Å². The second kappa shape index (κ2) is 17.6. The Hall–Kier alpha value is -0.0701. The fourth-order valence-electron chi connectivity index (χ4n) is 4.85. The molecule has 0 bridgehead atoms. The summed E-state index contributed by atoms with van der Waals surface area (Å²) in [6.45, 7) is 3.04. The van der Waals surface area contributed by atoms with E-state index < -0.39 is 30.4 Å². The molecular weight excluding hydrogens is 514 g/mol. The van der Waals surface area contributed by atoms with E-state index in [4.69, 9.17) is 17.2 Å². The zero-order valence-electron chi connectivity index (χ0n) is 22.1. The van der Waals surface area contributed by atoms with Crippen molar-refractivity contribution in [3.8, 4) is 0 Å². The molecule has 2 aliphatic rings. The van der Waals surface area contributed by atoms with E-state index in [1.54, 1.807) is 18.7 Å². The summed E-state index contributed by atoms with van der Waals surface area (Å²) in [5.74, 6) is 2.06. The van der Waals surface area contributed by atoms with Crippen molar-refractivity contribution in [3.63, 3.8) is 0 Å². The van der Waals surface area contributed by atoms with Crippen molar-refractivity contribution in [1.29, 1.82) is 0 Å². The van der Waals surface area contributed by atoms with Gasteiger partial charge in [0.25, 0.3) is 0 Å². The van der Waals surface area contributed by atoms with Crippen LogP contribution in [0.25, 0.3) is 0 Å². The molecular formula is C25H43B2O8S2. The summed E-state index contributed by atoms with van der Waals surface area (Å²) >= 11 is 3.20. The van der Waals surface area contributed by atoms with Crippen LogP contribution in [-0.2, 0) is 19.1 Å². The van der Waals surface area contributed by atoms with Gasteiger partial charge in [0.15, 0.2) is 0 Å². The lowest BCUT2D eigenvalue weighted by Gasteiger charge is -2.23. The molecule has 0 spiro atoms. The van der Waals surface area contributed by atoms with Gasteiger partial charge in [-0.15, -0.1) is 0 Å². The van der Waals surface area contributed by atoms with E-state index in [-0.39, 0.29) is 47.3 Å². The highest BCUT2D eigenvalue weighted by Crippen LogP contribution is 2.34. The molecule has 3 radical (unpaired) electrons. The molecule has 4 N–H and O–H groups in total. The number of aliphatic hydroxyl groups is 4. The summed E-state index contributed by atoms with van der Waals surface area (Å²) in [7, 11) is 7.07. The van der Waals surface area contributed by atoms with Crippen LogP contribution in [-0.4, -0.2) is 119 Å². The van der Waals surface area contributed by atoms with Crippen molar-refractivity contribution in [2.45, 2.75) is 112 Å². The highest BCUT2D eigenvalue weighted by atomic mass is 32.2. The first kappa shape index (κ1) is 33.1. The van der Waals surface area contributed by atoms with Crippen molar-refractivity contribution in [2.24, 2.45) is 5.92 Å². The molecule has 37 heavy (non-hydrogen) atoms. The maximum absolute atomic E-state index is 12.5. The maximum atomic E-state index is 12.5. The molecule has 2 saturated heterocycles. The van der Waals surface area contributed by atoms with Crippen LogP contribution < -0.4 is 0 Å². The van der Waals surface area contributed by atoms with E-state index >= 15 is 0 Å². The second-order valence-corrected chi connectivity index (χ2v) is 12.7. The molecule has 2 heterocycles. The van der Waals surface area contributed by atoms with Crippen molar-refractivity contribution < 1.29 is 39.5 Å². The number of rotatable bonds is 19. The first-order valence-corrected chi connectivity index (χ1v) is 15.5. The average Bonchev–Trinajstić information content (AvgIpc) is 3.34. The molecule has 0 saturated carbocycles. The third-order valence-electron chi connectivity index (χ3n) is 7.16. The zero-order chi connectivity index (χ0) is 27.4. The summed E-state index contributed by atoms with van der Waals surface area (Å²) in [6, 6.07) is -0.450. The van der Waals surface area contributed by atoms with Crippen LogP contribution >= 0.6 is 23.5 Å². The Kier molecular flexibility index (Phi) is 15.7. The summed E-state index contributed by atoms with van der Waals surface area (Å²) in [4.78, 5) is 24.1. The van der Waals surface area contributed by atoms with Crippen LogP contribution in [0.15, 0.2) is 0 Å². The van der Waals surface area contributed by atoms with Gasteiger partial charge in [-0.3, -0.25) is 4.79 Å².